The van der Waals surface area contributed by atoms with E-state index in [2.05, 4.69) is 5.32 Å². The summed E-state index contributed by atoms with van der Waals surface area (Å²) in [5.74, 6) is -0.950. The molecule has 1 aromatic carbocycles. The number of nitrogens with zero attached hydrogens (tertiary/aromatic N) is 2. The van der Waals surface area contributed by atoms with Crippen LogP contribution in [0.15, 0.2) is 35.5 Å². The lowest BCUT2D eigenvalue weighted by molar-refractivity contribution is -0.135. The third kappa shape index (κ3) is 4.91. The summed E-state index contributed by atoms with van der Waals surface area (Å²) in [5, 5.41) is 12.9. The van der Waals surface area contributed by atoms with Crippen molar-refractivity contribution < 1.29 is 23.1 Å². The molecule has 0 spiro atoms. The van der Waals surface area contributed by atoms with Gasteiger partial charge in [0, 0.05) is 25.5 Å². The zero-order chi connectivity index (χ0) is 22.1. The van der Waals surface area contributed by atoms with Crippen molar-refractivity contribution in [1.29, 1.82) is 0 Å². The molecule has 0 unspecified atom stereocenters. The third-order valence-electron chi connectivity index (χ3n) is 5.31. The Hall–Kier alpha value is -1.81. The molecule has 30 heavy (non-hydrogen) atoms. The molecule has 1 aromatic rings. The molecule has 3 rings (SSSR count). The predicted octanol–water partition coefficient (Wildman–Crippen LogP) is 2.11. The minimum Gasteiger partial charge on any atom is -0.390 e. The highest BCUT2D eigenvalue weighted by Gasteiger charge is 2.38. The summed E-state index contributed by atoms with van der Waals surface area (Å²) < 4.78 is 27.2. The van der Waals surface area contributed by atoms with Crippen molar-refractivity contribution in [3.63, 3.8) is 0 Å². The van der Waals surface area contributed by atoms with E-state index in [9.17, 15) is 23.1 Å². The van der Waals surface area contributed by atoms with Gasteiger partial charge in [-0.3, -0.25) is 13.9 Å². The van der Waals surface area contributed by atoms with E-state index in [4.69, 9.17) is 23.2 Å². The highest BCUT2D eigenvalue weighted by atomic mass is 35.5. The molecule has 2 aliphatic rings. The van der Waals surface area contributed by atoms with E-state index in [0.29, 0.717) is 32.4 Å². The van der Waals surface area contributed by atoms with Crippen LogP contribution in [0.25, 0.3) is 0 Å². The zero-order valence-corrected chi connectivity index (χ0v) is 18.7. The number of sulfonamides is 1. The number of halogens is 2. The second-order valence-corrected chi connectivity index (χ2v) is 10.3. The number of carbonyl (C=O) groups excluding carboxylic acids is 2. The van der Waals surface area contributed by atoms with E-state index in [1.807, 2.05) is 0 Å². The molecule has 0 bridgehead atoms. The number of hydrogen-bond acceptors (Lipinski definition) is 5. The van der Waals surface area contributed by atoms with Crippen LogP contribution in [-0.4, -0.2) is 59.3 Å². The highest BCUT2D eigenvalue weighted by Crippen LogP contribution is 2.29. The van der Waals surface area contributed by atoms with E-state index in [-0.39, 0.29) is 27.3 Å². The largest absolute Gasteiger partial charge is 0.390 e. The van der Waals surface area contributed by atoms with Gasteiger partial charge >= 0.3 is 0 Å². The number of aliphatic hydroxyl groups is 1. The molecule has 164 valence electrons. The summed E-state index contributed by atoms with van der Waals surface area (Å²) >= 11 is 11.8. The van der Waals surface area contributed by atoms with Gasteiger partial charge in [-0.25, -0.2) is 8.42 Å². The number of likely N-dealkylation sites (tertiary alicyclic amines) is 1. The average molecular weight is 476 g/mol. The summed E-state index contributed by atoms with van der Waals surface area (Å²) in [6, 6.07) is 2.61. The maximum atomic E-state index is 13.1. The molecule has 11 heteroatoms. The lowest BCUT2D eigenvalue weighted by Gasteiger charge is -2.32. The average Bonchev–Trinajstić information content (AvgIpc) is 2.85. The summed E-state index contributed by atoms with van der Waals surface area (Å²) in [4.78, 5) is 26.8. The highest BCUT2D eigenvalue weighted by molar-refractivity contribution is 7.89. The van der Waals surface area contributed by atoms with Crippen molar-refractivity contribution in [2.75, 3.05) is 13.1 Å². The van der Waals surface area contributed by atoms with E-state index < -0.39 is 27.6 Å². The summed E-state index contributed by atoms with van der Waals surface area (Å²) in [6.07, 6.45) is 3.72. The Bertz CT molecular complexity index is 980. The Kier molecular flexibility index (Phi) is 6.66. The van der Waals surface area contributed by atoms with Crippen LogP contribution in [0.4, 0.5) is 0 Å². The number of nitrogens with one attached hydrogen (secondary N) is 1. The first-order chi connectivity index (χ1) is 14.0. The first kappa shape index (κ1) is 22.9. The standard InChI is InChI=1S/C19H23Cl2N3O5S/c1-19(27)5-2-8-23(9-6-19)17(25)12-16-18(26)22-7-10-24(16)30(28,29)13-3-4-14(20)15(21)11-13/h3-4,7,10-11,16,27H,2,5-6,8-9,12H2,1H3,(H,22,26)/t16-,19+/m1/s1. The molecule has 1 saturated heterocycles. The minimum absolute atomic E-state index is 0.0624. The van der Waals surface area contributed by atoms with Crippen molar-refractivity contribution in [1.82, 2.24) is 14.5 Å². The molecule has 2 aliphatic heterocycles. The molecule has 0 radical (unpaired) electrons. The number of carbonyl (C=O) groups is 2. The molecule has 2 N–H and O–H groups in total. The number of hydrogen-bond donors (Lipinski definition) is 2. The van der Waals surface area contributed by atoms with Crippen molar-refractivity contribution in [3.05, 3.63) is 40.6 Å². The number of amides is 2. The Morgan fingerprint density at radius 2 is 2.00 bits per heavy atom. The summed E-state index contributed by atoms with van der Waals surface area (Å²) in [7, 11) is -4.15. The van der Waals surface area contributed by atoms with Crippen molar-refractivity contribution in [2.45, 2.75) is 49.1 Å². The fraction of sp³-hybridized carbons (Fsp3) is 0.474. The molecule has 2 heterocycles. The quantitative estimate of drug-likeness (QED) is 0.693. The van der Waals surface area contributed by atoms with Crippen molar-refractivity contribution in [2.24, 2.45) is 0 Å². The van der Waals surface area contributed by atoms with E-state index >= 15 is 0 Å². The van der Waals surface area contributed by atoms with E-state index in [1.165, 1.54) is 30.6 Å². The van der Waals surface area contributed by atoms with Crippen LogP contribution in [0, 0.1) is 0 Å². The van der Waals surface area contributed by atoms with Gasteiger partial charge in [-0.05, 0) is 44.4 Å². The van der Waals surface area contributed by atoms with Crippen LogP contribution in [-0.2, 0) is 19.6 Å². The van der Waals surface area contributed by atoms with Gasteiger partial charge in [0.05, 0.1) is 27.0 Å². The van der Waals surface area contributed by atoms with Gasteiger partial charge in [0.15, 0.2) is 0 Å². The molecular weight excluding hydrogens is 453 g/mol. The molecule has 2 atom stereocenters. The van der Waals surface area contributed by atoms with Gasteiger partial charge in [-0.2, -0.15) is 0 Å². The zero-order valence-electron chi connectivity index (χ0n) is 16.3. The third-order valence-corrected chi connectivity index (χ3v) is 7.83. The molecule has 8 nitrogen and oxygen atoms in total. The van der Waals surface area contributed by atoms with Crippen molar-refractivity contribution >= 4 is 45.0 Å². The normalized spacial score (nSPS) is 25.1. The van der Waals surface area contributed by atoms with Crippen LogP contribution >= 0.6 is 23.2 Å². The van der Waals surface area contributed by atoms with Crippen LogP contribution in [0.1, 0.15) is 32.6 Å². The second kappa shape index (κ2) is 8.74. The second-order valence-electron chi connectivity index (χ2n) is 7.69. The van der Waals surface area contributed by atoms with Gasteiger partial charge < -0.3 is 15.3 Å². The fourth-order valence-corrected chi connectivity index (χ4v) is 5.34. The maximum absolute atomic E-state index is 13.1. The van der Waals surface area contributed by atoms with Gasteiger partial charge in [-0.1, -0.05) is 23.2 Å². The SMILES string of the molecule is C[C@]1(O)CCCN(C(=O)C[C@@H]2C(=O)NC=CN2S(=O)(=O)c2ccc(Cl)c(Cl)c2)CC1. The summed E-state index contributed by atoms with van der Waals surface area (Å²) in [5.41, 5.74) is -0.844. The molecule has 0 aromatic heterocycles. The minimum atomic E-state index is -4.15. The van der Waals surface area contributed by atoms with Crippen LogP contribution in [0.5, 0.6) is 0 Å². The summed E-state index contributed by atoms with van der Waals surface area (Å²) in [6.45, 7) is 2.51. The van der Waals surface area contributed by atoms with E-state index in [1.54, 1.807) is 11.8 Å². The number of benzene rings is 1. The Morgan fingerprint density at radius 3 is 2.70 bits per heavy atom. The van der Waals surface area contributed by atoms with Crippen LogP contribution in [0.3, 0.4) is 0 Å². The lowest BCUT2D eigenvalue weighted by Crippen LogP contribution is -2.51. The molecular formula is C19H23Cl2N3O5S. The molecule has 1 fully saturated rings. The monoisotopic (exact) mass is 475 g/mol. The van der Waals surface area contributed by atoms with Gasteiger partial charge in [0.2, 0.25) is 11.8 Å². The first-order valence-corrected chi connectivity index (χ1v) is 11.7. The Labute approximate surface area is 185 Å². The molecule has 0 aliphatic carbocycles. The smallest absolute Gasteiger partial charge is 0.264 e. The maximum Gasteiger partial charge on any atom is 0.264 e. The fourth-order valence-electron chi connectivity index (χ4n) is 3.51. The van der Waals surface area contributed by atoms with Crippen molar-refractivity contribution in [3.8, 4) is 0 Å². The van der Waals surface area contributed by atoms with E-state index in [0.717, 1.165) is 4.31 Å². The molecule has 0 saturated carbocycles. The Balaban J connectivity index is 1.83. The lowest BCUT2D eigenvalue weighted by atomic mass is 9.98. The van der Waals surface area contributed by atoms with Gasteiger partial charge in [0.1, 0.15) is 6.04 Å². The topological polar surface area (TPSA) is 107 Å². The van der Waals surface area contributed by atoms with Gasteiger partial charge in [-0.15, -0.1) is 0 Å². The Morgan fingerprint density at radius 1 is 1.27 bits per heavy atom. The van der Waals surface area contributed by atoms with Crippen LogP contribution < -0.4 is 5.32 Å². The van der Waals surface area contributed by atoms with Crippen LogP contribution in [0.2, 0.25) is 10.0 Å². The molecule has 2 amide bonds. The number of rotatable bonds is 4. The van der Waals surface area contributed by atoms with Gasteiger partial charge in [0.25, 0.3) is 10.0 Å². The first-order valence-electron chi connectivity index (χ1n) is 9.47. The predicted molar refractivity (Wildman–Crippen MR) is 112 cm³/mol.